The van der Waals surface area contributed by atoms with Crippen LogP contribution >= 0.6 is 0 Å². The number of H-pyrrole nitrogens is 1. The molecule has 82 heavy (non-hydrogen) atoms. The molecule has 2 amide bonds. The van der Waals surface area contributed by atoms with Crippen molar-refractivity contribution in [2.45, 2.75) is 116 Å². The summed E-state index contributed by atoms with van der Waals surface area (Å²) in [5.74, 6) is -0.00638. The number of carbonyl (C=O) groups is 2. The lowest BCUT2D eigenvalue weighted by molar-refractivity contribution is -0.142. The van der Waals surface area contributed by atoms with E-state index in [1.54, 1.807) is 25.5 Å². The number of nitrogens with one attached hydrogen (secondary N) is 3. The van der Waals surface area contributed by atoms with Gasteiger partial charge in [0.05, 0.1) is 48.5 Å². The Kier molecular flexibility index (Phi) is 15.7. The number of carbonyl (C=O) groups excluding carboxylic acids is 2. The number of fused-ring (bicyclic) bond motifs is 2. The minimum Gasteiger partial charge on any atom is -0.486 e. The highest BCUT2D eigenvalue weighted by atomic mass is 19.1. The van der Waals surface area contributed by atoms with Crippen LogP contribution in [0, 0.1) is 18.7 Å². The molecule has 3 aliphatic heterocycles. The Hall–Kier alpha value is -7.85. The number of rotatable bonds is 19. The molecule has 20 nitrogen and oxygen atoms in total. The molecule has 0 radical (unpaired) electrons. The maximum absolute atomic E-state index is 16.1. The number of aryl methyl sites for hydroxylation is 1. The van der Waals surface area contributed by atoms with Crippen molar-refractivity contribution in [2.24, 2.45) is 5.92 Å². The van der Waals surface area contributed by atoms with E-state index >= 15 is 4.39 Å². The molecule has 5 N–H and O–H groups in total. The number of nitrogens with zero attached hydrogens (tertiary/aromatic N) is 10. The van der Waals surface area contributed by atoms with E-state index < -0.39 is 30.1 Å². The number of hydrogen-bond donors (Lipinski definition) is 5. The smallest absolute Gasteiger partial charge is 0.319 e. The van der Waals surface area contributed by atoms with E-state index in [1.165, 1.54) is 15.6 Å². The van der Waals surface area contributed by atoms with E-state index in [0.29, 0.717) is 58.9 Å². The molecular weight excluding hydrogens is 1050 g/mol. The highest BCUT2D eigenvalue weighted by molar-refractivity contribution is 6.06. The first-order valence-electron chi connectivity index (χ1n) is 28.8. The van der Waals surface area contributed by atoms with Crippen LogP contribution in [0.1, 0.15) is 99.6 Å². The number of aromatic nitrogens is 9. The van der Waals surface area contributed by atoms with Crippen LogP contribution in [0.15, 0.2) is 85.3 Å². The number of hydrogen-bond acceptors (Lipinski definition) is 15. The van der Waals surface area contributed by atoms with Gasteiger partial charge in [0, 0.05) is 79.4 Å². The van der Waals surface area contributed by atoms with Crippen LogP contribution in [0.25, 0.3) is 55.4 Å². The maximum Gasteiger partial charge on any atom is 0.319 e. The summed E-state index contributed by atoms with van der Waals surface area (Å²) in [4.78, 5) is 42.7. The van der Waals surface area contributed by atoms with Gasteiger partial charge in [0.2, 0.25) is 11.8 Å². The number of amides is 2. The van der Waals surface area contributed by atoms with Crippen LogP contribution in [0.5, 0.6) is 11.8 Å². The van der Waals surface area contributed by atoms with Gasteiger partial charge in [-0.15, -0.1) is 5.10 Å². The van der Waals surface area contributed by atoms with Gasteiger partial charge in [0.25, 0.3) is 0 Å². The van der Waals surface area contributed by atoms with E-state index in [0.717, 1.165) is 108 Å². The summed E-state index contributed by atoms with van der Waals surface area (Å²) >= 11 is 0. The quantitative estimate of drug-likeness (QED) is 0.0525. The number of aromatic amines is 1. The molecule has 3 saturated heterocycles. The van der Waals surface area contributed by atoms with Gasteiger partial charge >= 0.3 is 6.01 Å². The normalized spacial score (nSPS) is 19.3. The number of aliphatic hydroxyl groups excluding tert-OH is 2. The fourth-order valence-electron chi connectivity index (χ4n) is 12.0. The van der Waals surface area contributed by atoms with Gasteiger partial charge in [-0.05, 0) is 110 Å². The lowest BCUT2D eigenvalue weighted by Crippen LogP contribution is -2.50. The van der Waals surface area contributed by atoms with Crippen molar-refractivity contribution in [2.75, 3.05) is 57.4 Å². The number of β-amino-alcohol motifs (C(OH)–C–C–N with tert-alkyl or cyclic N) is 1. The highest BCUT2D eigenvalue weighted by Gasteiger charge is 2.43. The fourth-order valence-corrected chi connectivity index (χ4v) is 12.0. The first kappa shape index (κ1) is 54.7. The summed E-state index contributed by atoms with van der Waals surface area (Å²) in [5, 5.41) is 50.2. The number of anilines is 1. The largest absolute Gasteiger partial charge is 0.486 e. The molecule has 0 unspecified atom stereocenters. The van der Waals surface area contributed by atoms with E-state index in [1.807, 2.05) is 80.1 Å². The number of ether oxygens (including phenoxy) is 3. The van der Waals surface area contributed by atoms with Crippen molar-refractivity contribution in [3.63, 3.8) is 0 Å². The average molecular weight is 1120 g/mol. The molecule has 1 saturated carbocycles. The molecule has 5 atom stereocenters. The Morgan fingerprint density at radius 1 is 0.951 bits per heavy atom. The number of likely N-dealkylation sites (tertiary alicyclic amines) is 1. The van der Waals surface area contributed by atoms with E-state index in [-0.39, 0.29) is 61.9 Å². The number of halogens is 1. The second kappa shape index (κ2) is 23.6. The van der Waals surface area contributed by atoms with Gasteiger partial charge in [-0.3, -0.25) is 19.4 Å². The lowest BCUT2D eigenvalue weighted by atomic mass is 9.88. The van der Waals surface area contributed by atoms with E-state index in [9.17, 15) is 19.8 Å². The minimum atomic E-state index is -0.984. The minimum absolute atomic E-state index is 0.0400. The van der Waals surface area contributed by atoms with Gasteiger partial charge < -0.3 is 44.9 Å². The van der Waals surface area contributed by atoms with Crippen molar-refractivity contribution in [1.29, 1.82) is 0 Å². The third kappa shape index (κ3) is 11.0. The van der Waals surface area contributed by atoms with Gasteiger partial charge in [0.15, 0.2) is 5.75 Å². The first-order valence-corrected chi connectivity index (χ1v) is 28.8. The van der Waals surface area contributed by atoms with Gasteiger partial charge in [0.1, 0.15) is 48.1 Å². The van der Waals surface area contributed by atoms with E-state index in [2.05, 4.69) is 47.2 Å². The molecular formula is C61H70FN13O7. The fraction of sp³-hybridized carbons (Fsp3) is 0.443. The monoisotopic (exact) mass is 1120 g/mol. The van der Waals surface area contributed by atoms with Crippen LogP contribution in [0.4, 0.5) is 10.2 Å². The summed E-state index contributed by atoms with van der Waals surface area (Å²) in [6.45, 7) is 12.3. The molecule has 428 valence electrons. The lowest BCUT2D eigenvalue weighted by Gasteiger charge is -2.30. The molecule has 12 rings (SSSR count). The first-order chi connectivity index (χ1) is 39.9. The predicted octanol–water partition coefficient (Wildman–Crippen LogP) is 7.59. The van der Waals surface area contributed by atoms with Gasteiger partial charge in [-0.1, -0.05) is 67.6 Å². The zero-order chi connectivity index (χ0) is 56.6. The second-order valence-corrected chi connectivity index (χ2v) is 22.4. The van der Waals surface area contributed by atoms with Crippen molar-refractivity contribution >= 4 is 39.4 Å². The highest BCUT2D eigenvalue weighted by Crippen LogP contribution is 2.53. The van der Waals surface area contributed by atoms with Crippen LogP contribution < -0.4 is 25.0 Å². The molecule has 1 aliphatic carbocycles. The van der Waals surface area contributed by atoms with Crippen LogP contribution in [0.3, 0.4) is 0 Å². The Balaban J connectivity index is 0.819. The summed E-state index contributed by atoms with van der Waals surface area (Å²) in [6.07, 6.45) is 9.01. The zero-order valence-electron chi connectivity index (χ0n) is 46.7. The molecule has 4 fully saturated rings. The second-order valence-electron chi connectivity index (χ2n) is 22.4. The topological polar surface area (TPSA) is 236 Å². The van der Waals surface area contributed by atoms with Crippen molar-refractivity contribution in [3.8, 4) is 45.4 Å². The number of benzene rings is 4. The van der Waals surface area contributed by atoms with E-state index in [4.69, 9.17) is 24.2 Å². The van der Waals surface area contributed by atoms with Crippen molar-refractivity contribution in [1.82, 2.24) is 60.5 Å². The molecule has 21 heteroatoms. The maximum atomic E-state index is 16.1. The van der Waals surface area contributed by atoms with Gasteiger partial charge in [-0.25, -0.2) is 9.07 Å². The van der Waals surface area contributed by atoms with Crippen molar-refractivity contribution in [3.05, 3.63) is 113 Å². The Bertz CT molecular complexity index is 3590. The molecule has 8 aromatic rings. The molecule has 7 heterocycles. The molecule has 0 spiro atoms. The molecule has 4 aliphatic rings. The summed E-state index contributed by atoms with van der Waals surface area (Å²) in [7, 11) is 0. The number of aliphatic hydroxyl groups is 2. The van der Waals surface area contributed by atoms with Crippen LogP contribution in [0.2, 0.25) is 0 Å². The standard InChI is InChI=1S/C61H70FN13O7/c1-5-74-51(19-21-65-74)41-17-15-40(16-18-41)50(32-76)66-59(78)52-26-42(77)30-73(52)60(79)56(35(2)3)75-31-49(70-71-75)39-11-9-37(10-12-39)33-81-57-54(53-36(4)47(62)28-48-46(53)29-64-69-48)44(38-13-14-38)27-45-55(57)67-61(82-34-43-8-6-25-80-43)68-58(45)72-23-7-20-63-22-24-72/h9-12,15-19,21,27-29,31,35,38,42-43,50,52,56,63,76-77H,5-8,13-14,20,22-26,30,32-34H2,1-4H3,(H,64,69)(H,66,78)/t42-,43+,50+,52+,56+/m1/s1. The summed E-state index contributed by atoms with van der Waals surface area (Å²) in [6, 6.07) is 18.6. The zero-order valence-corrected chi connectivity index (χ0v) is 46.7. The Morgan fingerprint density at radius 3 is 2.52 bits per heavy atom. The summed E-state index contributed by atoms with van der Waals surface area (Å²) in [5.41, 5.74) is 8.84. The Labute approximate surface area is 474 Å². The van der Waals surface area contributed by atoms with Crippen LogP contribution in [-0.4, -0.2) is 143 Å². The SMILES string of the molecule is CCn1nccc1-c1ccc([C@H](CO)NC(=O)[C@@H]2C[C@@H](O)CN2C(=O)[C@H](C(C)C)n2cc(-c3ccc(COc4c(-c5c(C)c(F)cc6[nH]ncc56)c(C5CC5)cc5c(N6CCCNCC6)nc(OC[C@@H]6CCCO6)nc45)cc3)nn2)cc1. The molecule has 4 aromatic carbocycles. The molecule has 4 aromatic heterocycles. The average Bonchev–Trinajstić information content (AvgIpc) is 2.62. The van der Waals surface area contributed by atoms with Crippen LogP contribution in [-0.2, 0) is 27.5 Å². The summed E-state index contributed by atoms with van der Waals surface area (Å²) < 4.78 is 39.0. The third-order valence-corrected chi connectivity index (χ3v) is 16.5. The third-order valence-electron chi connectivity index (χ3n) is 16.5. The molecule has 0 bridgehead atoms. The predicted molar refractivity (Wildman–Crippen MR) is 307 cm³/mol. The Morgan fingerprint density at radius 2 is 1.77 bits per heavy atom. The van der Waals surface area contributed by atoms with Gasteiger partial charge in [-0.2, -0.15) is 20.2 Å². The van der Waals surface area contributed by atoms with Crippen molar-refractivity contribution < 1.29 is 38.4 Å².